The van der Waals surface area contributed by atoms with Crippen LogP contribution in [0, 0.1) is 0 Å². The summed E-state index contributed by atoms with van der Waals surface area (Å²) < 4.78 is 0. The van der Waals surface area contributed by atoms with E-state index >= 15 is 0 Å². The van der Waals surface area contributed by atoms with E-state index in [1.165, 1.54) is 0 Å². The van der Waals surface area contributed by atoms with Gasteiger partial charge in [-0.3, -0.25) is 4.79 Å². The van der Waals surface area contributed by atoms with Crippen LogP contribution >= 0.6 is 0 Å². The normalized spacial score (nSPS) is 9.71. The van der Waals surface area contributed by atoms with Gasteiger partial charge in [0.05, 0.1) is 6.20 Å². The lowest BCUT2D eigenvalue weighted by Crippen LogP contribution is -1.91. The number of aromatic nitrogens is 2. The van der Waals surface area contributed by atoms with Crippen LogP contribution in [-0.4, -0.2) is 16.5 Å². The van der Waals surface area contributed by atoms with Gasteiger partial charge in [0.1, 0.15) is 5.69 Å². The summed E-state index contributed by atoms with van der Waals surface area (Å²) in [6, 6.07) is 11.4. The Hall–Kier alpha value is -2.03. The smallest absolute Gasteiger partial charge is 0.255 e. The zero-order valence-corrected chi connectivity index (χ0v) is 7.34. The molecule has 0 spiro atoms. The lowest BCUT2D eigenvalue weighted by atomic mass is 10.1. The van der Waals surface area contributed by atoms with Gasteiger partial charge >= 0.3 is 0 Å². The van der Waals surface area contributed by atoms with E-state index in [4.69, 9.17) is 0 Å². The Morgan fingerprint density at radius 3 is 2.57 bits per heavy atom. The summed E-state index contributed by atoms with van der Waals surface area (Å²) >= 11 is 0. The van der Waals surface area contributed by atoms with E-state index in [0.717, 1.165) is 11.1 Å². The summed E-state index contributed by atoms with van der Waals surface area (Å²) in [7, 11) is 0. The molecule has 0 aliphatic rings. The molecule has 14 heavy (non-hydrogen) atoms. The molecule has 1 aromatic carbocycles. The highest BCUT2D eigenvalue weighted by Gasteiger charge is 1.99. The number of benzene rings is 1. The van der Waals surface area contributed by atoms with Crippen molar-refractivity contribution >= 4 is 6.29 Å². The van der Waals surface area contributed by atoms with Crippen molar-refractivity contribution in [2.45, 2.75) is 0 Å². The second-order valence-electron chi connectivity index (χ2n) is 2.80. The number of hydrogen-bond donors (Lipinski definition) is 0. The molecule has 0 aliphatic carbocycles. The zero-order chi connectivity index (χ0) is 9.80. The van der Waals surface area contributed by atoms with E-state index in [1.54, 1.807) is 18.5 Å². The predicted octanol–water partition coefficient (Wildman–Crippen LogP) is 1.60. The average molecular weight is 183 g/mol. The van der Waals surface area contributed by atoms with Gasteiger partial charge in [-0.1, -0.05) is 30.3 Å². The topological polar surface area (TPSA) is 42.9 Å². The first-order valence-corrected chi connectivity index (χ1v) is 4.16. The third kappa shape index (κ3) is 1.66. The lowest BCUT2D eigenvalue weighted by molar-refractivity contribution is 0.561. The van der Waals surface area contributed by atoms with Crippen LogP contribution in [0.1, 0.15) is 5.69 Å². The first-order valence-electron chi connectivity index (χ1n) is 4.16. The Kier molecular flexibility index (Phi) is 2.32. The van der Waals surface area contributed by atoms with Crippen molar-refractivity contribution in [1.29, 1.82) is 0 Å². The molecular formula is C11H7N2O. The average Bonchev–Trinajstić information content (AvgIpc) is 2.30. The number of carbonyl (C=O) groups excluding carboxylic acids is 1. The summed E-state index contributed by atoms with van der Waals surface area (Å²) in [5.41, 5.74) is 2.12. The van der Waals surface area contributed by atoms with Gasteiger partial charge in [-0.2, -0.15) is 5.10 Å². The summed E-state index contributed by atoms with van der Waals surface area (Å²) in [5, 5.41) is 7.33. The van der Waals surface area contributed by atoms with Crippen LogP contribution in [0.2, 0.25) is 0 Å². The van der Waals surface area contributed by atoms with E-state index in [-0.39, 0.29) is 5.69 Å². The fourth-order valence-corrected chi connectivity index (χ4v) is 1.21. The Labute approximate surface area is 81.4 Å². The van der Waals surface area contributed by atoms with Crippen LogP contribution in [0.4, 0.5) is 0 Å². The van der Waals surface area contributed by atoms with E-state index in [2.05, 4.69) is 10.2 Å². The van der Waals surface area contributed by atoms with Crippen molar-refractivity contribution in [3.8, 4) is 11.1 Å². The molecule has 0 saturated heterocycles. The monoisotopic (exact) mass is 183 g/mol. The van der Waals surface area contributed by atoms with Crippen molar-refractivity contribution in [3.05, 3.63) is 48.3 Å². The molecule has 0 aliphatic heterocycles. The van der Waals surface area contributed by atoms with Gasteiger partial charge in [0, 0.05) is 5.56 Å². The summed E-state index contributed by atoms with van der Waals surface area (Å²) in [6.45, 7) is 0. The molecule has 0 atom stereocenters. The predicted molar refractivity (Wildman–Crippen MR) is 52.3 cm³/mol. The van der Waals surface area contributed by atoms with Crippen molar-refractivity contribution in [3.63, 3.8) is 0 Å². The van der Waals surface area contributed by atoms with Gasteiger partial charge in [-0.05, 0) is 11.6 Å². The molecule has 2 aromatic rings. The molecule has 0 bridgehead atoms. The van der Waals surface area contributed by atoms with Crippen molar-refractivity contribution < 1.29 is 4.79 Å². The molecule has 2 rings (SSSR count). The van der Waals surface area contributed by atoms with Gasteiger partial charge in [0.15, 0.2) is 0 Å². The minimum atomic E-state index is 0.228. The van der Waals surface area contributed by atoms with Gasteiger partial charge in [-0.15, -0.1) is 5.10 Å². The van der Waals surface area contributed by atoms with Crippen LogP contribution in [0.15, 0.2) is 42.6 Å². The first kappa shape index (κ1) is 8.56. The quantitative estimate of drug-likeness (QED) is 0.710. The van der Waals surface area contributed by atoms with Crippen LogP contribution in [0.25, 0.3) is 11.1 Å². The van der Waals surface area contributed by atoms with E-state index in [1.807, 2.05) is 30.3 Å². The Morgan fingerprint density at radius 1 is 1.07 bits per heavy atom. The third-order valence-electron chi connectivity index (χ3n) is 1.87. The highest BCUT2D eigenvalue weighted by molar-refractivity contribution is 5.75. The molecule has 0 amide bonds. The Bertz CT molecular complexity index is 440. The SMILES string of the molecule is O=[C]c1cc(-c2ccccc2)cnn1. The fourth-order valence-electron chi connectivity index (χ4n) is 1.21. The zero-order valence-electron chi connectivity index (χ0n) is 7.34. The fraction of sp³-hybridized carbons (Fsp3) is 0. The van der Waals surface area contributed by atoms with Crippen molar-refractivity contribution in [1.82, 2.24) is 10.2 Å². The third-order valence-corrected chi connectivity index (χ3v) is 1.87. The van der Waals surface area contributed by atoms with E-state index < -0.39 is 0 Å². The van der Waals surface area contributed by atoms with Gasteiger partial charge in [0.2, 0.25) is 0 Å². The Morgan fingerprint density at radius 2 is 1.86 bits per heavy atom. The standard InChI is InChI=1S/C11H7N2O/c14-8-11-6-10(7-12-13-11)9-4-2-1-3-5-9/h1-7H. The molecule has 0 fully saturated rings. The molecule has 67 valence electrons. The van der Waals surface area contributed by atoms with Gasteiger partial charge in [-0.25, -0.2) is 0 Å². The second kappa shape index (κ2) is 3.79. The van der Waals surface area contributed by atoms with Gasteiger partial charge < -0.3 is 0 Å². The lowest BCUT2D eigenvalue weighted by Gasteiger charge is -1.99. The number of rotatable bonds is 2. The number of hydrogen-bond acceptors (Lipinski definition) is 3. The Balaban J connectivity index is 2.47. The maximum atomic E-state index is 10.4. The van der Waals surface area contributed by atoms with Crippen molar-refractivity contribution in [2.24, 2.45) is 0 Å². The maximum Gasteiger partial charge on any atom is 0.255 e. The number of nitrogens with zero attached hydrogens (tertiary/aromatic N) is 2. The second-order valence-corrected chi connectivity index (χ2v) is 2.80. The summed E-state index contributed by atoms with van der Waals surface area (Å²) in [4.78, 5) is 10.4. The van der Waals surface area contributed by atoms with Crippen LogP contribution in [0.5, 0.6) is 0 Å². The molecular weight excluding hydrogens is 176 g/mol. The van der Waals surface area contributed by atoms with Crippen LogP contribution < -0.4 is 0 Å². The molecule has 0 saturated carbocycles. The highest BCUT2D eigenvalue weighted by atomic mass is 16.1. The molecule has 1 radical (unpaired) electrons. The minimum Gasteiger partial charge on any atom is -0.283 e. The largest absolute Gasteiger partial charge is 0.283 e. The van der Waals surface area contributed by atoms with Crippen LogP contribution in [0.3, 0.4) is 0 Å². The molecule has 0 N–H and O–H groups in total. The molecule has 3 nitrogen and oxygen atoms in total. The molecule has 1 heterocycles. The maximum absolute atomic E-state index is 10.4. The highest BCUT2D eigenvalue weighted by Crippen LogP contribution is 2.16. The van der Waals surface area contributed by atoms with Gasteiger partial charge in [0.25, 0.3) is 6.29 Å². The summed E-state index contributed by atoms with van der Waals surface area (Å²) in [6.07, 6.45) is 3.33. The van der Waals surface area contributed by atoms with E-state index in [0.29, 0.717) is 0 Å². The molecule has 0 unspecified atom stereocenters. The van der Waals surface area contributed by atoms with Crippen molar-refractivity contribution in [2.75, 3.05) is 0 Å². The first-order chi connectivity index (χ1) is 6.90. The van der Waals surface area contributed by atoms with E-state index in [9.17, 15) is 4.79 Å². The van der Waals surface area contributed by atoms with Crippen LogP contribution in [-0.2, 0) is 4.79 Å². The molecule has 1 aromatic heterocycles. The minimum absolute atomic E-state index is 0.228. The summed E-state index contributed by atoms with van der Waals surface area (Å²) in [5.74, 6) is 0. The molecule has 3 heteroatoms.